The normalized spacial score (nSPS) is 22.6. The summed E-state index contributed by atoms with van der Waals surface area (Å²) in [6.45, 7) is 2.62. The number of nitrogens with one attached hydrogen (secondary N) is 1. The van der Waals surface area contributed by atoms with Gasteiger partial charge in [-0.2, -0.15) is 5.10 Å². The molecule has 20 heavy (non-hydrogen) atoms. The van der Waals surface area contributed by atoms with Crippen LogP contribution in [-0.4, -0.2) is 61.7 Å². The molecule has 2 rings (SSSR count). The van der Waals surface area contributed by atoms with Gasteiger partial charge in [0.25, 0.3) is 0 Å². The number of likely N-dealkylation sites (tertiary alicyclic amines) is 1. The van der Waals surface area contributed by atoms with Crippen LogP contribution in [0.2, 0.25) is 0 Å². The minimum atomic E-state index is -0.946. The van der Waals surface area contributed by atoms with Crippen LogP contribution in [0, 0.1) is 5.92 Å². The van der Waals surface area contributed by atoms with Crippen LogP contribution in [0.25, 0.3) is 0 Å². The number of urea groups is 1. The molecule has 0 spiro atoms. The van der Waals surface area contributed by atoms with Crippen molar-refractivity contribution >= 4 is 12.0 Å². The molecular weight excluding hydrogens is 262 g/mol. The van der Waals surface area contributed by atoms with E-state index in [1.807, 2.05) is 6.92 Å². The molecule has 2 N–H and O–H groups in total. The number of carboxylic acids is 1. The molecule has 1 aromatic heterocycles. The van der Waals surface area contributed by atoms with Crippen LogP contribution in [0.4, 0.5) is 4.79 Å². The van der Waals surface area contributed by atoms with Crippen molar-refractivity contribution in [1.82, 2.24) is 25.0 Å². The Hall–Kier alpha value is -2.12. The number of carboxylic acid groups (broad SMARTS) is 1. The molecule has 1 saturated heterocycles. The summed E-state index contributed by atoms with van der Waals surface area (Å²) in [7, 11) is 1.63. The maximum absolute atomic E-state index is 12.4. The SMILES string of the molecule is CC1CCCN(C(=O)N(C)Cc2ncn[nH]2)C1C(=O)O. The van der Waals surface area contributed by atoms with E-state index in [4.69, 9.17) is 0 Å². The van der Waals surface area contributed by atoms with E-state index in [1.165, 1.54) is 16.1 Å². The third kappa shape index (κ3) is 2.89. The van der Waals surface area contributed by atoms with E-state index in [9.17, 15) is 14.7 Å². The summed E-state index contributed by atoms with van der Waals surface area (Å²) in [4.78, 5) is 30.6. The van der Waals surface area contributed by atoms with E-state index < -0.39 is 12.0 Å². The topological polar surface area (TPSA) is 102 Å². The Kier molecular flexibility index (Phi) is 4.21. The zero-order valence-corrected chi connectivity index (χ0v) is 11.6. The molecule has 0 bridgehead atoms. The average molecular weight is 281 g/mol. The summed E-state index contributed by atoms with van der Waals surface area (Å²) >= 11 is 0. The van der Waals surface area contributed by atoms with E-state index >= 15 is 0 Å². The molecule has 2 atom stereocenters. The van der Waals surface area contributed by atoms with Gasteiger partial charge in [0.1, 0.15) is 18.2 Å². The smallest absolute Gasteiger partial charge is 0.326 e. The number of aromatic nitrogens is 3. The molecule has 0 aliphatic carbocycles. The maximum Gasteiger partial charge on any atom is 0.326 e. The number of rotatable bonds is 3. The summed E-state index contributed by atoms with van der Waals surface area (Å²) in [6, 6.07) is -1.05. The van der Waals surface area contributed by atoms with E-state index in [1.54, 1.807) is 7.05 Å². The van der Waals surface area contributed by atoms with Crippen LogP contribution in [0.1, 0.15) is 25.6 Å². The van der Waals surface area contributed by atoms with Crippen molar-refractivity contribution in [3.63, 3.8) is 0 Å². The lowest BCUT2D eigenvalue weighted by Crippen LogP contribution is -2.55. The number of hydrogen-bond acceptors (Lipinski definition) is 4. The Morgan fingerprint density at radius 1 is 1.60 bits per heavy atom. The lowest BCUT2D eigenvalue weighted by molar-refractivity contribution is -0.145. The highest BCUT2D eigenvalue weighted by atomic mass is 16.4. The Balaban J connectivity index is 2.07. The van der Waals surface area contributed by atoms with Gasteiger partial charge < -0.3 is 14.9 Å². The quantitative estimate of drug-likeness (QED) is 0.842. The van der Waals surface area contributed by atoms with Crippen LogP contribution >= 0.6 is 0 Å². The third-order valence-corrected chi connectivity index (χ3v) is 3.61. The first-order valence-corrected chi connectivity index (χ1v) is 6.59. The van der Waals surface area contributed by atoms with Crippen LogP contribution in [0.5, 0.6) is 0 Å². The molecule has 0 aromatic carbocycles. The Morgan fingerprint density at radius 3 is 2.95 bits per heavy atom. The molecule has 8 heteroatoms. The number of piperidine rings is 1. The minimum absolute atomic E-state index is 0.0381. The second kappa shape index (κ2) is 5.89. The third-order valence-electron chi connectivity index (χ3n) is 3.61. The highest BCUT2D eigenvalue weighted by Crippen LogP contribution is 2.24. The predicted octanol–water partition coefficient (Wildman–Crippen LogP) is 0.542. The molecule has 110 valence electrons. The number of aromatic amines is 1. The number of H-pyrrole nitrogens is 1. The number of aliphatic carboxylic acids is 1. The van der Waals surface area contributed by atoms with Gasteiger partial charge in [-0.15, -0.1) is 0 Å². The highest BCUT2D eigenvalue weighted by molar-refractivity contribution is 5.83. The number of amides is 2. The number of carbonyl (C=O) groups is 2. The first-order chi connectivity index (χ1) is 9.50. The minimum Gasteiger partial charge on any atom is -0.480 e. The van der Waals surface area contributed by atoms with E-state index in [0.29, 0.717) is 12.4 Å². The molecule has 1 aliphatic rings. The van der Waals surface area contributed by atoms with Crippen molar-refractivity contribution in [2.24, 2.45) is 5.92 Å². The van der Waals surface area contributed by atoms with Gasteiger partial charge in [-0.25, -0.2) is 14.6 Å². The van der Waals surface area contributed by atoms with Crippen LogP contribution in [0.15, 0.2) is 6.33 Å². The molecule has 2 unspecified atom stereocenters. The zero-order chi connectivity index (χ0) is 14.7. The Bertz CT molecular complexity index is 475. The molecule has 1 aromatic rings. The molecule has 2 heterocycles. The number of carbonyl (C=O) groups excluding carboxylic acids is 1. The fourth-order valence-corrected chi connectivity index (χ4v) is 2.60. The lowest BCUT2D eigenvalue weighted by Gasteiger charge is -2.39. The molecule has 0 saturated carbocycles. The lowest BCUT2D eigenvalue weighted by atomic mass is 9.91. The van der Waals surface area contributed by atoms with Gasteiger partial charge in [-0.3, -0.25) is 5.10 Å². The molecule has 8 nitrogen and oxygen atoms in total. The zero-order valence-electron chi connectivity index (χ0n) is 11.6. The average Bonchev–Trinajstić information content (AvgIpc) is 2.89. The first kappa shape index (κ1) is 14.3. The maximum atomic E-state index is 12.4. The predicted molar refractivity (Wildman–Crippen MR) is 69.8 cm³/mol. The van der Waals surface area contributed by atoms with Crippen molar-refractivity contribution in [1.29, 1.82) is 0 Å². The van der Waals surface area contributed by atoms with Gasteiger partial charge in [0.05, 0.1) is 6.54 Å². The van der Waals surface area contributed by atoms with Crippen molar-refractivity contribution < 1.29 is 14.7 Å². The fourth-order valence-electron chi connectivity index (χ4n) is 2.60. The van der Waals surface area contributed by atoms with Gasteiger partial charge in [0.2, 0.25) is 0 Å². The summed E-state index contributed by atoms with van der Waals surface area (Å²) in [5.74, 6) is -0.416. The second-order valence-corrected chi connectivity index (χ2v) is 5.17. The van der Waals surface area contributed by atoms with Crippen molar-refractivity contribution in [2.75, 3.05) is 13.6 Å². The molecule has 1 aliphatic heterocycles. The summed E-state index contributed by atoms with van der Waals surface area (Å²) in [6.07, 6.45) is 3.02. The molecular formula is C12H19N5O3. The fraction of sp³-hybridized carbons (Fsp3) is 0.667. The van der Waals surface area contributed by atoms with Crippen molar-refractivity contribution in [3.8, 4) is 0 Å². The first-order valence-electron chi connectivity index (χ1n) is 6.59. The standard InChI is InChI=1S/C12H19N5O3/c1-8-4-3-5-17(10(8)11(18)19)12(20)16(2)6-9-13-7-14-15-9/h7-8,10H,3-6H2,1-2H3,(H,18,19)(H,13,14,15). The highest BCUT2D eigenvalue weighted by Gasteiger charge is 2.38. The summed E-state index contributed by atoms with van der Waals surface area (Å²) < 4.78 is 0. The summed E-state index contributed by atoms with van der Waals surface area (Å²) in [5.41, 5.74) is 0. The number of nitrogens with zero attached hydrogens (tertiary/aromatic N) is 4. The van der Waals surface area contributed by atoms with E-state index in [0.717, 1.165) is 12.8 Å². The van der Waals surface area contributed by atoms with Gasteiger partial charge in [0, 0.05) is 13.6 Å². The van der Waals surface area contributed by atoms with Gasteiger partial charge in [-0.1, -0.05) is 6.92 Å². The molecule has 1 fully saturated rings. The van der Waals surface area contributed by atoms with Crippen LogP contribution in [0.3, 0.4) is 0 Å². The van der Waals surface area contributed by atoms with Crippen LogP contribution < -0.4 is 0 Å². The van der Waals surface area contributed by atoms with Gasteiger partial charge in [0.15, 0.2) is 0 Å². The van der Waals surface area contributed by atoms with E-state index in [2.05, 4.69) is 15.2 Å². The Labute approximate surface area is 116 Å². The Morgan fingerprint density at radius 2 is 2.35 bits per heavy atom. The van der Waals surface area contributed by atoms with E-state index in [-0.39, 0.29) is 18.5 Å². The second-order valence-electron chi connectivity index (χ2n) is 5.17. The van der Waals surface area contributed by atoms with Gasteiger partial charge in [-0.05, 0) is 18.8 Å². The summed E-state index contributed by atoms with van der Waals surface area (Å²) in [5, 5.41) is 15.7. The molecule has 2 amide bonds. The van der Waals surface area contributed by atoms with Gasteiger partial charge >= 0.3 is 12.0 Å². The molecule has 0 radical (unpaired) electrons. The van der Waals surface area contributed by atoms with Crippen molar-refractivity contribution in [2.45, 2.75) is 32.4 Å². The monoisotopic (exact) mass is 281 g/mol. The largest absolute Gasteiger partial charge is 0.480 e. The number of hydrogen-bond donors (Lipinski definition) is 2. The van der Waals surface area contributed by atoms with Crippen molar-refractivity contribution in [3.05, 3.63) is 12.2 Å². The van der Waals surface area contributed by atoms with Crippen LogP contribution in [-0.2, 0) is 11.3 Å².